The highest BCUT2D eigenvalue weighted by Crippen LogP contribution is 2.27. The van der Waals surface area contributed by atoms with Crippen molar-refractivity contribution >= 4 is 5.69 Å². The number of hydrogen-bond acceptors (Lipinski definition) is 5. The van der Waals surface area contributed by atoms with Gasteiger partial charge in [-0.1, -0.05) is 0 Å². The standard InChI is InChI=1S/C12H16FNO5/c1-3-17-12(18-4-2)8-19-11-6-5-9(13)7-10(11)14(15)16/h5-7,12H,3-4,8H2,1-2H3. The highest BCUT2D eigenvalue weighted by Gasteiger charge is 2.18. The molecule has 0 unspecified atom stereocenters. The molecule has 0 aliphatic carbocycles. The Morgan fingerprint density at radius 2 is 1.95 bits per heavy atom. The van der Waals surface area contributed by atoms with Crippen LogP contribution in [0.15, 0.2) is 18.2 Å². The van der Waals surface area contributed by atoms with E-state index in [1.165, 1.54) is 6.07 Å². The first kappa shape index (κ1) is 15.3. The molecule has 0 heterocycles. The van der Waals surface area contributed by atoms with Crippen molar-refractivity contribution in [3.05, 3.63) is 34.1 Å². The number of hydrogen-bond donors (Lipinski definition) is 0. The minimum Gasteiger partial charge on any atom is -0.481 e. The summed E-state index contributed by atoms with van der Waals surface area (Å²) in [7, 11) is 0. The lowest BCUT2D eigenvalue weighted by Gasteiger charge is -2.17. The number of benzene rings is 1. The van der Waals surface area contributed by atoms with Gasteiger partial charge in [0.1, 0.15) is 12.4 Å². The Hall–Kier alpha value is -1.73. The third-order valence-corrected chi connectivity index (χ3v) is 2.20. The Bertz CT molecular complexity index is 421. The zero-order chi connectivity index (χ0) is 14.3. The summed E-state index contributed by atoms with van der Waals surface area (Å²) >= 11 is 0. The van der Waals surface area contributed by atoms with Crippen LogP contribution >= 0.6 is 0 Å². The number of ether oxygens (including phenoxy) is 3. The van der Waals surface area contributed by atoms with Crippen LogP contribution in [0.3, 0.4) is 0 Å². The first-order valence-corrected chi connectivity index (χ1v) is 5.88. The molecule has 7 heteroatoms. The maximum absolute atomic E-state index is 12.9. The fourth-order valence-electron chi connectivity index (χ4n) is 1.43. The van der Waals surface area contributed by atoms with Crippen molar-refractivity contribution in [2.45, 2.75) is 20.1 Å². The Kier molecular flexibility index (Phi) is 6.17. The van der Waals surface area contributed by atoms with Crippen molar-refractivity contribution in [3.8, 4) is 5.75 Å². The third-order valence-electron chi connectivity index (χ3n) is 2.20. The molecule has 1 aromatic rings. The summed E-state index contributed by atoms with van der Waals surface area (Å²) in [4.78, 5) is 10.1. The molecule has 0 radical (unpaired) electrons. The first-order valence-electron chi connectivity index (χ1n) is 5.88. The molecule has 0 saturated heterocycles. The molecule has 0 aromatic heterocycles. The van der Waals surface area contributed by atoms with Crippen molar-refractivity contribution in [1.29, 1.82) is 0 Å². The highest BCUT2D eigenvalue weighted by atomic mass is 19.1. The molecule has 0 N–H and O–H groups in total. The second kappa shape index (κ2) is 7.65. The van der Waals surface area contributed by atoms with Gasteiger partial charge in [-0.15, -0.1) is 0 Å². The number of nitro groups is 1. The summed E-state index contributed by atoms with van der Waals surface area (Å²) in [5.74, 6) is -0.707. The number of nitro benzene ring substituents is 1. The van der Waals surface area contributed by atoms with Gasteiger partial charge in [0.25, 0.3) is 0 Å². The zero-order valence-electron chi connectivity index (χ0n) is 10.8. The largest absolute Gasteiger partial charge is 0.481 e. The van der Waals surface area contributed by atoms with Crippen LogP contribution < -0.4 is 4.74 Å². The zero-order valence-corrected chi connectivity index (χ0v) is 10.8. The van der Waals surface area contributed by atoms with E-state index in [2.05, 4.69) is 0 Å². The van der Waals surface area contributed by atoms with Gasteiger partial charge < -0.3 is 14.2 Å². The second-order valence-corrected chi connectivity index (χ2v) is 3.52. The summed E-state index contributed by atoms with van der Waals surface area (Å²) in [5.41, 5.74) is -0.424. The van der Waals surface area contributed by atoms with E-state index in [0.717, 1.165) is 12.1 Å². The normalized spacial score (nSPS) is 10.7. The van der Waals surface area contributed by atoms with Crippen LogP contribution in [0.25, 0.3) is 0 Å². The van der Waals surface area contributed by atoms with Crippen LogP contribution in [0, 0.1) is 15.9 Å². The van der Waals surface area contributed by atoms with E-state index < -0.39 is 22.7 Å². The summed E-state index contributed by atoms with van der Waals surface area (Å²) in [5, 5.41) is 10.8. The van der Waals surface area contributed by atoms with Crippen molar-refractivity contribution in [2.75, 3.05) is 19.8 Å². The Balaban J connectivity index is 2.73. The third kappa shape index (κ3) is 4.80. The average Bonchev–Trinajstić information content (AvgIpc) is 2.37. The lowest BCUT2D eigenvalue weighted by atomic mass is 10.3. The van der Waals surface area contributed by atoms with Gasteiger partial charge in [-0.3, -0.25) is 10.1 Å². The summed E-state index contributed by atoms with van der Waals surface area (Å²) in [6, 6.07) is 3.12. The van der Waals surface area contributed by atoms with E-state index in [-0.39, 0.29) is 12.4 Å². The predicted molar refractivity (Wildman–Crippen MR) is 65.6 cm³/mol. The number of nitrogens with zero attached hydrogens (tertiary/aromatic N) is 1. The minimum atomic E-state index is -0.700. The molecule has 0 fully saturated rings. The lowest BCUT2D eigenvalue weighted by Crippen LogP contribution is -2.25. The molecule has 0 atom stereocenters. The molecule has 19 heavy (non-hydrogen) atoms. The number of rotatable bonds is 8. The highest BCUT2D eigenvalue weighted by molar-refractivity contribution is 5.46. The smallest absolute Gasteiger partial charge is 0.313 e. The molecule has 1 aromatic carbocycles. The minimum absolute atomic E-state index is 0.00580. The summed E-state index contributed by atoms with van der Waals surface area (Å²) in [6.45, 7) is 4.45. The van der Waals surface area contributed by atoms with Crippen molar-refractivity contribution in [2.24, 2.45) is 0 Å². The van der Waals surface area contributed by atoms with Gasteiger partial charge in [-0.05, 0) is 26.0 Å². The van der Waals surface area contributed by atoms with E-state index >= 15 is 0 Å². The number of halogens is 1. The van der Waals surface area contributed by atoms with Gasteiger partial charge in [0, 0.05) is 13.2 Å². The predicted octanol–water partition coefficient (Wildman–Crippen LogP) is 2.51. The molecule has 0 amide bonds. The van der Waals surface area contributed by atoms with Crippen LogP contribution in [0.1, 0.15) is 13.8 Å². The topological polar surface area (TPSA) is 70.8 Å². The SMILES string of the molecule is CCOC(COc1ccc(F)cc1[N+](=O)[O-])OCC. The molecule has 0 saturated carbocycles. The van der Waals surface area contributed by atoms with Gasteiger partial charge in [0.05, 0.1) is 11.0 Å². The second-order valence-electron chi connectivity index (χ2n) is 3.52. The molecule has 0 spiro atoms. The molecular formula is C12H16FNO5. The maximum Gasteiger partial charge on any atom is 0.313 e. The Morgan fingerprint density at radius 1 is 1.32 bits per heavy atom. The molecule has 0 aliphatic heterocycles. The van der Waals surface area contributed by atoms with Gasteiger partial charge in [-0.25, -0.2) is 4.39 Å². The monoisotopic (exact) mass is 273 g/mol. The van der Waals surface area contributed by atoms with Crippen LogP contribution in [0.4, 0.5) is 10.1 Å². The van der Waals surface area contributed by atoms with Gasteiger partial charge in [-0.2, -0.15) is 0 Å². The lowest BCUT2D eigenvalue weighted by molar-refractivity contribution is -0.386. The van der Waals surface area contributed by atoms with Gasteiger partial charge in [0.2, 0.25) is 0 Å². The Morgan fingerprint density at radius 3 is 2.47 bits per heavy atom. The van der Waals surface area contributed by atoms with E-state index in [1.54, 1.807) is 13.8 Å². The van der Waals surface area contributed by atoms with Gasteiger partial charge in [0.15, 0.2) is 12.0 Å². The Labute approximate surface area is 110 Å². The molecule has 106 valence electrons. The molecule has 1 rings (SSSR count). The maximum atomic E-state index is 12.9. The molecule has 0 aliphatic rings. The fraction of sp³-hybridized carbons (Fsp3) is 0.500. The van der Waals surface area contributed by atoms with Crippen LogP contribution in [0.5, 0.6) is 5.75 Å². The van der Waals surface area contributed by atoms with E-state index in [9.17, 15) is 14.5 Å². The fourth-order valence-corrected chi connectivity index (χ4v) is 1.43. The van der Waals surface area contributed by atoms with E-state index in [1.807, 2.05) is 0 Å². The van der Waals surface area contributed by atoms with Crippen LogP contribution in [0.2, 0.25) is 0 Å². The van der Waals surface area contributed by atoms with Crippen molar-refractivity contribution in [1.82, 2.24) is 0 Å². The van der Waals surface area contributed by atoms with E-state index in [0.29, 0.717) is 13.2 Å². The quantitative estimate of drug-likeness (QED) is 0.413. The van der Waals surface area contributed by atoms with Crippen molar-refractivity contribution in [3.63, 3.8) is 0 Å². The van der Waals surface area contributed by atoms with Crippen LogP contribution in [-0.4, -0.2) is 31.0 Å². The summed E-state index contributed by atoms with van der Waals surface area (Å²) in [6.07, 6.45) is -0.611. The average molecular weight is 273 g/mol. The van der Waals surface area contributed by atoms with Crippen molar-refractivity contribution < 1.29 is 23.5 Å². The molecule has 6 nitrogen and oxygen atoms in total. The first-order chi connectivity index (χ1) is 9.08. The summed E-state index contributed by atoms with van der Waals surface area (Å²) < 4.78 is 28.7. The molecule has 0 bridgehead atoms. The molecular weight excluding hydrogens is 257 g/mol. The van der Waals surface area contributed by atoms with Gasteiger partial charge >= 0.3 is 5.69 Å². The van der Waals surface area contributed by atoms with Crippen LogP contribution in [-0.2, 0) is 9.47 Å². The van der Waals surface area contributed by atoms with E-state index in [4.69, 9.17) is 14.2 Å².